The maximum absolute atomic E-state index is 12.2. The summed E-state index contributed by atoms with van der Waals surface area (Å²) in [6.45, 7) is 0. The second kappa shape index (κ2) is 10.1. The van der Waals surface area contributed by atoms with Crippen molar-refractivity contribution in [3.63, 3.8) is 0 Å². The minimum atomic E-state index is -0.658. The van der Waals surface area contributed by atoms with Crippen LogP contribution < -0.4 is 26.4 Å². The van der Waals surface area contributed by atoms with Crippen LogP contribution in [0.1, 0.15) is 6.42 Å². The third-order valence-electron chi connectivity index (χ3n) is 4.62. The lowest BCUT2D eigenvalue weighted by Crippen LogP contribution is -2.57. The Balaban J connectivity index is 1.38. The predicted molar refractivity (Wildman–Crippen MR) is 122 cm³/mol. The fraction of sp³-hybridized carbons (Fsp3) is 0.250. The molecule has 1 amide bonds. The number of hydrogen-bond donors (Lipinski definition) is 4. The van der Waals surface area contributed by atoms with Gasteiger partial charge in [0.1, 0.15) is 5.75 Å². The molecule has 4 rings (SSSR count). The highest BCUT2D eigenvalue weighted by atomic mass is 32.2. The van der Waals surface area contributed by atoms with Gasteiger partial charge in [-0.25, -0.2) is 4.99 Å². The van der Waals surface area contributed by atoms with Gasteiger partial charge >= 0.3 is 0 Å². The van der Waals surface area contributed by atoms with Crippen LogP contribution >= 0.6 is 11.8 Å². The zero-order valence-corrected chi connectivity index (χ0v) is 18.1. The molecule has 0 radical (unpaired) electrons. The van der Waals surface area contributed by atoms with Crippen LogP contribution in [0.25, 0.3) is 5.69 Å². The molecule has 0 bridgehead atoms. The number of amides is 1. The molecule has 2 unspecified atom stereocenters. The number of rotatable bonds is 7. The average molecular weight is 454 g/mol. The Hall–Kier alpha value is -3.64. The van der Waals surface area contributed by atoms with Crippen LogP contribution in [-0.4, -0.2) is 57.3 Å². The van der Waals surface area contributed by atoms with Crippen LogP contribution in [-0.2, 0) is 4.79 Å². The van der Waals surface area contributed by atoms with Crippen LogP contribution in [0, 0.1) is 0 Å². The summed E-state index contributed by atoms with van der Waals surface area (Å²) in [5.41, 5.74) is 7.59. The molecule has 2 heterocycles. The number of thioether (sulfide) groups is 1. The van der Waals surface area contributed by atoms with Crippen molar-refractivity contribution in [3.05, 3.63) is 54.6 Å². The zero-order chi connectivity index (χ0) is 22.3. The molecule has 5 N–H and O–H groups in total. The number of hydrogen-bond acceptors (Lipinski definition) is 8. The summed E-state index contributed by atoms with van der Waals surface area (Å²) in [7, 11) is 1.58. The third kappa shape index (κ3) is 5.34. The van der Waals surface area contributed by atoms with E-state index in [2.05, 4.69) is 36.5 Å². The normalized spacial score (nSPS) is 18.8. The highest BCUT2D eigenvalue weighted by molar-refractivity contribution is 7.99. The molecule has 1 saturated heterocycles. The van der Waals surface area contributed by atoms with Gasteiger partial charge in [-0.15, -0.1) is 5.10 Å². The van der Waals surface area contributed by atoms with E-state index in [1.165, 1.54) is 11.8 Å². The van der Waals surface area contributed by atoms with E-state index >= 15 is 0 Å². The zero-order valence-electron chi connectivity index (χ0n) is 17.3. The number of carbonyl (C=O) groups is 1. The molecule has 0 saturated carbocycles. The second-order valence-electron chi connectivity index (χ2n) is 6.90. The van der Waals surface area contributed by atoms with Gasteiger partial charge in [0.05, 0.1) is 18.5 Å². The van der Waals surface area contributed by atoms with Gasteiger partial charge in [0.2, 0.25) is 11.1 Å². The van der Waals surface area contributed by atoms with Crippen molar-refractivity contribution in [1.29, 1.82) is 0 Å². The first-order chi connectivity index (χ1) is 15.6. The van der Waals surface area contributed by atoms with E-state index in [-0.39, 0.29) is 17.9 Å². The molecule has 0 spiro atoms. The number of nitrogens with one attached hydrogen (secondary N) is 3. The summed E-state index contributed by atoms with van der Waals surface area (Å²) in [6, 6.07) is 16.8. The number of nitrogens with two attached hydrogens (primary N) is 1. The molecule has 12 heteroatoms. The molecule has 2 atom stereocenters. The number of aliphatic imine (C=N–C) groups is 1. The number of nitrogens with zero attached hydrogens (tertiary/aromatic N) is 5. The van der Waals surface area contributed by atoms with Crippen LogP contribution in [0.2, 0.25) is 0 Å². The average Bonchev–Trinajstić information content (AvgIpc) is 3.27. The maximum atomic E-state index is 12.2. The molecule has 1 aliphatic rings. The standard InChI is InChI=1S/C20H23N9O2S/c1-31-16-10-6-5-9-15(16)23-18(21)25-19-22-13(11-17(30)24-19)12-32-20-26-27-28-29(20)14-7-3-2-4-8-14/h2-10,13,19,22H,11-12H2,1H3,(H,24,30)(H3,21,23,25). The van der Waals surface area contributed by atoms with Crippen LogP contribution in [0.4, 0.5) is 5.69 Å². The summed E-state index contributed by atoms with van der Waals surface area (Å²) in [6.07, 6.45) is -0.347. The van der Waals surface area contributed by atoms with Crippen molar-refractivity contribution in [3.8, 4) is 11.4 Å². The first kappa shape index (κ1) is 21.6. The quantitative estimate of drug-likeness (QED) is 0.233. The molecule has 2 aromatic carbocycles. The molecule has 3 aromatic rings. The first-order valence-electron chi connectivity index (χ1n) is 9.87. The van der Waals surface area contributed by atoms with Crippen molar-refractivity contribution in [1.82, 2.24) is 30.8 Å². The van der Waals surface area contributed by atoms with Gasteiger partial charge < -0.3 is 21.1 Å². The minimum absolute atomic E-state index is 0.115. The van der Waals surface area contributed by atoms with Crippen LogP contribution in [0.15, 0.2) is 64.7 Å². The Morgan fingerprint density at radius 2 is 2.06 bits per heavy atom. The lowest BCUT2D eigenvalue weighted by molar-refractivity contribution is -0.124. The molecular weight excluding hydrogens is 430 g/mol. The predicted octanol–water partition coefficient (Wildman–Crippen LogP) is 0.952. The molecule has 11 nitrogen and oxygen atoms in total. The topological polar surface area (TPSA) is 144 Å². The number of guanidine groups is 1. The Morgan fingerprint density at radius 1 is 1.28 bits per heavy atom. The lowest BCUT2D eigenvalue weighted by Gasteiger charge is -2.29. The van der Waals surface area contributed by atoms with Gasteiger partial charge in [-0.1, -0.05) is 42.1 Å². The minimum Gasteiger partial charge on any atom is -0.495 e. The van der Waals surface area contributed by atoms with Gasteiger partial charge in [0, 0.05) is 18.2 Å². The molecule has 166 valence electrons. The van der Waals surface area contributed by atoms with E-state index in [0.29, 0.717) is 28.8 Å². The number of anilines is 1. The van der Waals surface area contributed by atoms with Gasteiger partial charge in [-0.05, 0) is 34.7 Å². The number of tetrazole rings is 1. The van der Waals surface area contributed by atoms with E-state index in [1.807, 2.05) is 54.6 Å². The fourth-order valence-corrected chi connectivity index (χ4v) is 4.09. The van der Waals surface area contributed by atoms with Crippen molar-refractivity contribution in [2.24, 2.45) is 10.7 Å². The first-order valence-corrected chi connectivity index (χ1v) is 10.9. The number of ether oxygens (including phenoxy) is 1. The van der Waals surface area contributed by atoms with E-state index in [4.69, 9.17) is 10.5 Å². The van der Waals surface area contributed by atoms with E-state index in [1.54, 1.807) is 11.8 Å². The van der Waals surface area contributed by atoms with E-state index in [9.17, 15) is 4.79 Å². The largest absolute Gasteiger partial charge is 0.495 e. The van der Waals surface area contributed by atoms with Gasteiger partial charge in [0.25, 0.3) is 0 Å². The third-order valence-corrected chi connectivity index (χ3v) is 5.70. The monoisotopic (exact) mass is 453 g/mol. The summed E-state index contributed by atoms with van der Waals surface area (Å²) in [5.74, 6) is 1.24. The number of benzene rings is 2. The number of para-hydroxylation sites is 3. The van der Waals surface area contributed by atoms with Crippen molar-refractivity contribution >= 4 is 29.3 Å². The highest BCUT2D eigenvalue weighted by Crippen LogP contribution is 2.23. The van der Waals surface area contributed by atoms with Crippen LogP contribution in [0.5, 0.6) is 5.75 Å². The second-order valence-corrected chi connectivity index (χ2v) is 7.88. The van der Waals surface area contributed by atoms with Crippen LogP contribution in [0.3, 0.4) is 0 Å². The lowest BCUT2D eigenvalue weighted by atomic mass is 10.2. The smallest absolute Gasteiger partial charge is 0.224 e. The molecule has 0 aliphatic carbocycles. The SMILES string of the molecule is COc1ccccc1N/C(N)=N/C1NC(=O)CC(CSc2nnnn2-c2ccccc2)N1. The Kier molecular flexibility index (Phi) is 6.82. The molecule has 32 heavy (non-hydrogen) atoms. The number of aromatic nitrogens is 4. The summed E-state index contributed by atoms with van der Waals surface area (Å²) < 4.78 is 6.96. The molecule has 1 aromatic heterocycles. The number of methoxy groups -OCH3 is 1. The summed E-state index contributed by atoms with van der Waals surface area (Å²) in [4.78, 5) is 16.6. The van der Waals surface area contributed by atoms with E-state index < -0.39 is 6.29 Å². The van der Waals surface area contributed by atoms with Crippen molar-refractivity contribution in [2.45, 2.75) is 23.9 Å². The van der Waals surface area contributed by atoms with Gasteiger partial charge in [-0.2, -0.15) is 4.68 Å². The van der Waals surface area contributed by atoms with Crippen molar-refractivity contribution < 1.29 is 9.53 Å². The Labute approximate surface area is 188 Å². The van der Waals surface area contributed by atoms with Crippen molar-refractivity contribution in [2.75, 3.05) is 18.2 Å². The van der Waals surface area contributed by atoms with Gasteiger partial charge in [-0.3, -0.25) is 10.1 Å². The molecular formula is C20H23N9O2S. The number of carbonyl (C=O) groups excluding carboxylic acids is 1. The fourth-order valence-electron chi connectivity index (χ4n) is 3.17. The summed E-state index contributed by atoms with van der Waals surface area (Å²) >= 11 is 1.46. The maximum Gasteiger partial charge on any atom is 0.224 e. The summed E-state index contributed by atoms with van der Waals surface area (Å²) in [5, 5.41) is 21.6. The van der Waals surface area contributed by atoms with E-state index in [0.717, 1.165) is 5.69 Å². The Morgan fingerprint density at radius 3 is 2.88 bits per heavy atom. The molecule has 1 fully saturated rings. The highest BCUT2D eigenvalue weighted by Gasteiger charge is 2.26. The molecule has 1 aliphatic heterocycles. The van der Waals surface area contributed by atoms with Gasteiger partial charge in [0.15, 0.2) is 12.2 Å². The Bertz CT molecular complexity index is 1090.